The quantitative estimate of drug-likeness (QED) is 0.872. The number of hydrogen-bond acceptors (Lipinski definition) is 3. The van der Waals surface area contributed by atoms with Crippen LogP contribution in [-0.4, -0.2) is 48.3 Å². The molecule has 4 heteroatoms. The summed E-state index contributed by atoms with van der Waals surface area (Å²) in [6.45, 7) is 3.52. The standard InChI is InChI=1S/C14H19NO3/c1-2-11-3-5-12(6-4-11)14(17)15-7-8-18-10-13(15)9-16/h3-6,13,16H,2,7-10H2,1H3. The van der Waals surface area contributed by atoms with Gasteiger partial charge < -0.3 is 14.7 Å². The number of carbonyl (C=O) groups is 1. The van der Waals surface area contributed by atoms with E-state index in [1.807, 2.05) is 24.3 Å². The molecule has 0 spiro atoms. The molecular weight excluding hydrogens is 230 g/mol. The molecule has 4 nitrogen and oxygen atoms in total. The lowest BCUT2D eigenvalue weighted by Crippen LogP contribution is -2.50. The Morgan fingerprint density at radius 2 is 2.17 bits per heavy atom. The van der Waals surface area contributed by atoms with Crippen LogP contribution in [0.1, 0.15) is 22.8 Å². The fraction of sp³-hybridized carbons (Fsp3) is 0.500. The van der Waals surface area contributed by atoms with Crippen molar-refractivity contribution in [3.63, 3.8) is 0 Å². The minimum Gasteiger partial charge on any atom is -0.394 e. The van der Waals surface area contributed by atoms with Gasteiger partial charge in [-0.1, -0.05) is 19.1 Å². The molecule has 0 aliphatic carbocycles. The molecular formula is C14H19NO3. The highest BCUT2D eigenvalue weighted by atomic mass is 16.5. The highest BCUT2D eigenvalue weighted by molar-refractivity contribution is 5.94. The number of aliphatic hydroxyl groups is 1. The van der Waals surface area contributed by atoms with Gasteiger partial charge in [-0.3, -0.25) is 4.79 Å². The van der Waals surface area contributed by atoms with Crippen LogP contribution in [0.25, 0.3) is 0 Å². The number of aliphatic hydroxyl groups excluding tert-OH is 1. The van der Waals surface area contributed by atoms with Gasteiger partial charge in [0.2, 0.25) is 0 Å². The summed E-state index contributed by atoms with van der Waals surface area (Å²) < 4.78 is 5.27. The second kappa shape index (κ2) is 5.98. The van der Waals surface area contributed by atoms with E-state index in [2.05, 4.69) is 6.92 Å². The van der Waals surface area contributed by atoms with E-state index in [-0.39, 0.29) is 18.6 Å². The molecule has 1 unspecified atom stereocenters. The maximum atomic E-state index is 12.3. The zero-order valence-corrected chi connectivity index (χ0v) is 10.6. The summed E-state index contributed by atoms with van der Waals surface area (Å²) in [4.78, 5) is 14.0. The Kier molecular flexibility index (Phi) is 4.33. The number of ether oxygens (including phenoxy) is 1. The summed E-state index contributed by atoms with van der Waals surface area (Å²) >= 11 is 0. The predicted octanol–water partition coefficient (Wildman–Crippen LogP) is 1.08. The van der Waals surface area contributed by atoms with E-state index < -0.39 is 0 Å². The van der Waals surface area contributed by atoms with Crippen LogP contribution in [0, 0.1) is 0 Å². The Bertz CT molecular complexity index is 402. The van der Waals surface area contributed by atoms with Gasteiger partial charge in [-0.25, -0.2) is 0 Å². The van der Waals surface area contributed by atoms with Gasteiger partial charge in [0.05, 0.1) is 25.9 Å². The number of morpholine rings is 1. The SMILES string of the molecule is CCc1ccc(C(=O)N2CCOCC2CO)cc1. The van der Waals surface area contributed by atoms with Crippen molar-refractivity contribution in [3.8, 4) is 0 Å². The van der Waals surface area contributed by atoms with Crippen molar-refractivity contribution in [1.82, 2.24) is 4.90 Å². The molecule has 0 saturated carbocycles. The first-order valence-electron chi connectivity index (χ1n) is 6.34. The summed E-state index contributed by atoms with van der Waals surface area (Å²) in [6.07, 6.45) is 0.964. The summed E-state index contributed by atoms with van der Waals surface area (Å²) in [5.74, 6) is -0.0278. The van der Waals surface area contributed by atoms with Crippen LogP contribution in [0.4, 0.5) is 0 Å². The van der Waals surface area contributed by atoms with Crippen molar-refractivity contribution in [2.75, 3.05) is 26.4 Å². The van der Waals surface area contributed by atoms with Gasteiger partial charge in [-0.2, -0.15) is 0 Å². The van der Waals surface area contributed by atoms with Crippen molar-refractivity contribution >= 4 is 5.91 Å². The molecule has 1 aromatic rings. The Hall–Kier alpha value is -1.39. The van der Waals surface area contributed by atoms with E-state index >= 15 is 0 Å². The van der Waals surface area contributed by atoms with Gasteiger partial charge in [0.15, 0.2) is 0 Å². The molecule has 98 valence electrons. The maximum Gasteiger partial charge on any atom is 0.254 e. The number of carbonyl (C=O) groups excluding carboxylic acids is 1. The summed E-state index contributed by atoms with van der Waals surface area (Å²) in [5, 5.41) is 9.27. The van der Waals surface area contributed by atoms with E-state index in [1.54, 1.807) is 4.90 Å². The minimum absolute atomic E-state index is 0.0278. The third kappa shape index (κ3) is 2.71. The van der Waals surface area contributed by atoms with Crippen molar-refractivity contribution in [3.05, 3.63) is 35.4 Å². The average molecular weight is 249 g/mol. The molecule has 1 N–H and O–H groups in total. The van der Waals surface area contributed by atoms with E-state index in [0.29, 0.717) is 25.3 Å². The van der Waals surface area contributed by atoms with Crippen molar-refractivity contribution in [2.45, 2.75) is 19.4 Å². The molecule has 1 heterocycles. The summed E-state index contributed by atoms with van der Waals surface area (Å²) in [7, 11) is 0. The van der Waals surface area contributed by atoms with Crippen LogP contribution in [0.15, 0.2) is 24.3 Å². The normalized spacial score (nSPS) is 19.9. The molecule has 1 saturated heterocycles. The minimum atomic E-state index is -0.225. The first-order valence-corrected chi connectivity index (χ1v) is 6.34. The molecule has 0 bridgehead atoms. The first-order chi connectivity index (χ1) is 8.76. The van der Waals surface area contributed by atoms with Gasteiger partial charge in [0, 0.05) is 12.1 Å². The second-order valence-corrected chi connectivity index (χ2v) is 4.46. The summed E-state index contributed by atoms with van der Waals surface area (Å²) in [5.41, 5.74) is 1.89. The number of amides is 1. The maximum absolute atomic E-state index is 12.3. The lowest BCUT2D eigenvalue weighted by Gasteiger charge is -2.34. The summed E-state index contributed by atoms with van der Waals surface area (Å²) in [6, 6.07) is 7.43. The molecule has 1 atom stereocenters. The monoisotopic (exact) mass is 249 g/mol. The molecule has 0 radical (unpaired) electrons. The molecule has 1 aliphatic rings. The Morgan fingerprint density at radius 1 is 1.44 bits per heavy atom. The molecule has 0 aromatic heterocycles. The van der Waals surface area contributed by atoms with Crippen LogP contribution >= 0.6 is 0 Å². The van der Waals surface area contributed by atoms with Gasteiger partial charge >= 0.3 is 0 Å². The third-order valence-electron chi connectivity index (χ3n) is 3.31. The Balaban J connectivity index is 2.13. The topological polar surface area (TPSA) is 49.8 Å². The lowest BCUT2D eigenvalue weighted by atomic mass is 10.1. The number of aryl methyl sites for hydroxylation is 1. The van der Waals surface area contributed by atoms with Crippen molar-refractivity contribution < 1.29 is 14.6 Å². The van der Waals surface area contributed by atoms with Gasteiger partial charge in [-0.15, -0.1) is 0 Å². The van der Waals surface area contributed by atoms with Gasteiger partial charge in [0.25, 0.3) is 5.91 Å². The molecule has 1 amide bonds. The molecule has 18 heavy (non-hydrogen) atoms. The highest BCUT2D eigenvalue weighted by Crippen LogP contribution is 2.13. The van der Waals surface area contributed by atoms with E-state index in [0.717, 1.165) is 6.42 Å². The Labute approximate surface area is 107 Å². The molecule has 2 rings (SSSR count). The van der Waals surface area contributed by atoms with Crippen LogP contribution in [0.5, 0.6) is 0 Å². The Morgan fingerprint density at radius 3 is 2.78 bits per heavy atom. The van der Waals surface area contributed by atoms with Crippen LogP contribution in [-0.2, 0) is 11.2 Å². The average Bonchev–Trinajstić information content (AvgIpc) is 2.46. The zero-order valence-electron chi connectivity index (χ0n) is 10.6. The zero-order chi connectivity index (χ0) is 13.0. The molecule has 1 fully saturated rings. The van der Waals surface area contributed by atoms with E-state index in [1.165, 1.54) is 5.56 Å². The van der Waals surface area contributed by atoms with Crippen LogP contribution < -0.4 is 0 Å². The van der Waals surface area contributed by atoms with Gasteiger partial charge in [0.1, 0.15) is 0 Å². The van der Waals surface area contributed by atoms with Crippen molar-refractivity contribution in [2.24, 2.45) is 0 Å². The van der Waals surface area contributed by atoms with Crippen LogP contribution in [0.3, 0.4) is 0 Å². The fourth-order valence-electron chi connectivity index (χ4n) is 2.12. The number of rotatable bonds is 3. The largest absolute Gasteiger partial charge is 0.394 e. The fourth-order valence-corrected chi connectivity index (χ4v) is 2.12. The predicted molar refractivity (Wildman–Crippen MR) is 68.5 cm³/mol. The third-order valence-corrected chi connectivity index (χ3v) is 3.31. The first kappa shape index (κ1) is 13.1. The number of nitrogens with zero attached hydrogens (tertiary/aromatic N) is 1. The smallest absolute Gasteiger partial charge is 0.254 e. The number of hydrogen-bond donors (Lipinski definition) is 1. The molecule has 1 aromatic carbocycles. The van der Waals surface area contributed by atoms with E-state index in [4.69, 9.17) is 4.74 Å². The number of benzene rings is 1. The van der Waals surface area contributed by atoms with Gasteiger partial charge in [-0.05, 0) is 24.1 Å². The lowest BCUT2D eigenvalue weighted by molar-refractivity contribution is -0.0183. The highest BCUT2D eigenvalue weighted by Gasteiger charge is 2.27. The van der Waals surface area contributed by atoms with Crippen molar-refractivity contribution in [1.29, 1.82) is 0 Å². The molecule has 1 aliphatic heterocycles. The van der Waals surface area contributed by atoms with Crippen LogP contribution in [0.2, 0.25) is 0 Å². The second-order valence-electron chi connectivity index (χ2n) is 4.46. The van der Waals surface area contributed by atoms with E-state index in [9.17, 15) is 9.90 Å².